The van der Waals surface area contributed by atoms with E-state index in [9.17, 15) is 4.79 Å². The molecule has 0 aliphatic rings. The van der Waals surface area contributed by atoms with Crippen LogP contribution in [0.15, 0.2) is 36.1 Å². The van der Waals surface area contributed by atoms with Crippen molar-refractivity contribution in [1.82, 2.24) is 0 Å². The van der Waals surface area contributed by atoms with E-state index in [-0.39, 0.29) is 12.4 Å². The molecular weight excluding hydrogens is 208 g/mol. The van der Waals surface area contributed by atoms with Gasteiger partial charge in [-0.05, 0) is 37.3 Å². The van der Waals surface area contributed by atoms with E-state index in [4.69, 9.17) is 14.6 Å². The van der Waals surface area contributed by atoms with Crippen molar-refractivity contribution in [3.05, 3.63) is 41.7 Å². The summed E-state index contributed by atoms with van der Waals surface area (Å²) >= 11 is 0. The second-order valence-electron chi connectivity index (χ2n) is 3.12. The molecule has 0 aromatic heterocycles. The molecule has 0 amide bonds. The smallest absolute Gasteiger partial charge is 0.343 e. The van der Waals surface area contributed by atoms with Gasteiger partial charge in [-0.25, -0.2) is 4.79 Å². The molecule has 86 valence electrons. The van der Waals surface area contributed by atoms with Crippen LogP contribution in [0, 0.1) is 0 Å². The third-order valence-electron chi connectivity index (χ3n) is 1.94. The van der Waals surface area contributed by atoms with Crippen LogP contribution in [0.5, 0.6) is 5.75 Å². The summed E-state index contributed by atoms with van der Waals surface area (Å²) in [6.45, 7) is 2.01. The number of allylic oxidation sites excluding steroid dienone is 1. The van der Waals surface area contributed by atoms with Gasteiger partial charge in [0.15, 0.2) is 0 Å². The van der Waals surface area contributed by atoms with E-state index in [0.29, 0.717) is 11.3 Å². The lowest BCUT2D eigenvalue weighted by Gasteiger charge is -2.07. The fourth-order valence-corrected chi connectivity index (χ4v) is 1.09. The van der Waals surface area contributed by atoms with Crippen molar-refractivity contribution in [3.63, 3.8) is 0 Å². The van der Waals surface area contributed by atoms with Crippen molar-refractivity contribution in [2.75, 3.05) is 13.7 Å². The van der Waals surface area contributed by atoms with Gasteiger partial charge in [0.05, 0.1) is 5.56 Å². The zero-order valence-electron chi connectivity index (χ0n) is 9.27. The maximum atomic E-state index is 11.6. The standard InChI is InChI=1S/C12H14O4/c1-3-11(8-15-2)16-12(14)9-4-6-10(13)7-5-9/h3-7,13H,8H2,1-2H3. The molecule has 16 heavy (non-hydrogen) atoms. The molecule has 0 bridgehead atoms. The van der Waals surface area contributed by atoms with Gasteiger partial charge in [-0.15, -0.1) is 0 Å². The predicted octanol–water partition coefficient (Wildman–Crippen LogP) is 2.10. The Morgan fingerprint density at radius 2 is 2.00 bits per heavy atom. The van der Waals surface area contributed by atoms with Gasteiger partial charge in [-0.1, -0.05) is 0 Å². The minimum absolute atomic E-state index is 0.111. The van der Waals surface area contributed by atoms with Gasteiger partial charge in [0.25, 0.3) is 0 Å². The molecule has 0 spiro atoms. The molecule has 0 aliphatic carbocycles. The molecule has 0 aliphatic heterocycles. The molecule has 1 aromatic rings. The number of benzene rings is 1. The summed E-state index contributed by atoms with van der Waals surface area (Å²) in [4.78, 5) is 11.6. The van der Waals surface area contributed by atoms with Gasteiger partial charge in [-0.3, -0.25) is 0 Å². The van der Waals surface area contributed by atoms with E-state index in [2.05, 4.69) is 0 Å². The van der Waals surface area contributed by atoms with E-state index in [1.165, 1.54) is 31.4 Å². The summed E-state index contributed by atoms with van der Waals surface area (Å²) in [5, 5.41) is 9.07. The van der Waals surface area contributed by atoms with E-state index >= 15 is 0 Å². The van der Waals surface area contributed by atoms with E-state index in [1.807, 2.05) is 0 Å². The summed E-state index contributed by atoms with van der Waals surface area (Å²) in [7, 11) is 1.53. The summed E-state index contributed by atoms with van der Waals surface area (Å²) < 4.78 is 9.95. The van der Waals surface area contributed by atoms with Crippen molar-refractivity contribution in [1.29, 1.82) is 0 Å². The average Bonchev–Trinajstić information content (AvgIpc) is 2.29. The summed E-state index contributed by atoms with van der Waals surface area (Å²) in [6.07, 6.45) is 1.67. The lowest BCUT2D eigenvalue weighted by Crippen LogP contribution is -2.08. The number of phenolic OH excluding ortho intramolecular Hbond substituents is 1. The summed E-state index contributed by atoms with van der Waals surface area (Å²) in [5.74, 6) is 0.102. The van der Waals surface area contributed by atoms with Crippen LogP contribution in [0.4, 0.5) is 0 Å². The Morgan fingerprint density at radius 1 is 1.38 bits per heavy atom. The van der Waals surface area contributed by atoms with Crippen molar-refractivity contribution in [2.45, 2.75) is 6.92 Å². The van der Waals surface area contributed by atoms with Gasteiger partial charge in [0, 0.05) is 7.11 Å². The number of methoxy groups -OCH3 is 1. The normalized spacial score (nSPS) is 11.2. The number of carbonyl (C=O) groups excluding carboxylic acids is 1. The molecule has 0 radical (unpaired) electrons. The van der Waals surface area contributed by atoms with Crippen LogP contribution in [0.25, 0.3) is 0 Å². The summed E-state index contributed by atoms with van der Waals surface area (Å²) in [5.41, 5.74) is 0.383. The minimum Gasteiger partial charge on any atom is -0.508 e. The Balaban J connectivity index is 2.68. The molecule has 4 heteroatoms. The second kappa shape index (κ2) is 5.92. The molecule has 0 unspecified atom stereocenters. The molecule has 4 nitrogen and oxygen atoms in total. The quantitative estimate of drug-likeness (QED) is 0.626. The first-order valence-corrected chi connectivity index (χ1v) is 4.82. The van der Waals surface area contributed by atoms with Crippen LogP contribution in [0.3, 0.4) is 0 Å². The number of hydrogen-bond acceptors (Lipinski definition) is 4. The SMILES string of the molecule is CC=C(COC)OC(=O)c1ccc(O)cc1. The van der Waals surface area contributed by atoms with Crippen LogP contribution in [-0.2, 0) is 9.47 Å². The van der Waals surface area contributed by atoms with Crippen molar-refractivity contribution >= 4 is 5.97 Å². The average molecular weight is 222 g/mol. The number of hydrogen-bond donors (Lipinski definition) is 1. The molecule has 1 rings (SSSR count). The first-order chi connectivity index (χ1) is 7.67. The highest BCUT2D eigenvalue weighted by molar-refractivity contribution is 5.90. The van der Waals surface area contributed by atoms with Crippen molar-refractivity contribution < 1.29 is 19.4 Å². The molecule has 0 fully saturated rings. The van der Waals surface area contributed by atoms with Gasteiger partial charge >= 0.3 is 5.97 Å². The first-order valence-electron chi connectivity index (χ1n) is 4.82. The van der Waals surface area contributed by atoms with E-state index in [1.54, 1.807) is 13.0 Å². The first kappa shape index (κ1) is 12.3. The zero-order chi connectivity index (χ0) is 12.0. The lowest BCUT2D eigenvalue weighted by atomic mass is 10.2. The van der Waals surface area contributed by atoms with Crippen LogP contribution in [0.2, 0.25) is 0 Å². The van der Waals surface area contributed by atoms with E-state index in [0.717, 1.165) is 0 Å². The number of ether oxygens (including phenoxy) is 2. The Bertz CT molecular complexity index is 379. The van der Waals surface area contributed by atoms with Crippen molar-refractivity contribution in [2.24, 2.45) is 0 Å². The highest BCUT2D eigenvalue weighted by atomic mass is 16.6. The Morgan fingerprint density at radius 3 is 2.50 bits per heavy atom. The fourth-order valence-electron chi connectivity index (χ4n) is 1.09. The number of esters is 1. The van der Waals surface area contributed by atoms with Gasteiger partial charge in [0.2, 0.25) is 0 Å². The largest absolute Gasteiger partial charge is 0.508 e. The molecule has 0 saturated heterocycles. The third-order valence-corrected chi connectivity index (χ3v) is 1.94. The predicted molar refractivity (Wildman–Crippen MR) is 59.2 cm³/mol. The molecule has 0 heterocycles. The Kier molecular flexibility index (Phi) is 4.54. The maximum absolute atomic E-state index is 11.6. The van der Waals surface area contributed by atoms with Crippen molar-refractivity contribution in [3.8, 4) is 5.75 Å². The number of phenols is 1. The van der Waals surface area contributed by atoms with Crippen LogP contribution >= 0.6 is 0 Å². The van der Waals surface area contributed by atoms with Gasteiger partial charge < -0.3 is 14.6 Å². The molecule has 0 atom stereocenters. The topological polar surface area (TPSA) is 55.8 Å². The monoisotopic (exact) mass is 222 g/mol. The third kappa shape index (κ3) is 3.40. The van der Waals surface area contributed by atoms with Crippen LogP contribution in [0.1, 0.15) is 17.3 Å². The lowest BCUT2D eigenvalue weighted by molar-refractivity contribution is 0.0560. The Labute approximate surface area is 94.1 Å². The number of aromatic hydroxyl groups is 1. The molecule has 0 saturated carbocycles. The minimum atomic E-state index is -0.467. The fraction of sp³-hybridized carbons (Fsp3) is 0.250. The molecular formula is C12H14O4. The summed E-state index contributed by atoms with van der Waals surface area (Å²) in [6, 6.07) is 5.86. The molecule has 1 N–H and O–H groups in total. The second-order valence-corrected chi connectivity index (χ2v) is 3.12. The highest BCUT2D eigenvalue weighted by Gasteiger charge is 2.09. The number of rotatable bonds is 4. The van der Waals surface area contributed by atoms with Crippen LogP contribution < -0.4 is 0 Å². The van der Waals surface area contributed by atoms with Gasteiger partial charge in [-0.2, -0.15) is 0 Å². The molecule has 1 aromatic carbocycles. The Hall–Kier alpha value is -1.81. The zero-order valence-corrected chi connectivity index (χ0v) is 9.27. The van der Waals surface area contributed by atoms with Crippen LogP contribution in [-0.4, -0.2) is 24.8 Å². The number of carbonyl (C=O) groups is 1. The van der Waals surface area contributed by atoms with Gasteiger partial charge in [0.1, 0.15) is 18.1 Å². The van der Waals surface area contributed by atoms with E-state index < -0.39 is 5.97 Å². The maximum Gasteiger partial charge on any atom is 0.343 e. The highest BCUT2D eigenvalue weighted by Crippen LogP contribution is 2.12.